The molecule has 6 nitrogen and oxygen atoms in total. The molecule has 1 aliphatic rings. The molecule has 0 saturated heterocycles. The Labute approximate surface area is 237 Å². The van der Waals surface area contributed by atoms with Gasteiger partial charge in [-0.3, -0.25) is 0 Å². The Balaban J connectivity index is 0.00000320. The Kier molecular flexibility index (Phi) is 8.67. The van der Waals surface area contributed by atoms with Gasteiger partial charge in [0.2, 0.25) is 5.89 Å². The summed E-state index contributed by atoms with van der Waals surface area (Å²) in [5.41, 5.74) is 2.85. The molecular formula is C30H26NNaO5. The second kappa shape index (κ2) is 11.9. The van der Waals surface area contributed by atoms with Crippen molar-refractivity contribution in [3.05, 3.63) is 102 Å². The second-order valence-corrected chi connectivity index (χ2v) is 8.96. The van der Waals surface area contributed by atoms with Crippen LogP contribution in [0.1, 0.15) is 30.7 Å². The van der Waals surface area contributed by atoms with Gasteiger partial charge in [0.05, 0.1) is 11.6 Å². The molecule has 1 aromatic heterocycles. The predicted octanol–water partition coefficient (Wildman–Crippen LogP) is 1.68. The summed E-state index contributed by atoms with van der Waals surface area (Å²) < 4.78 is 11.6. The van der Waals surface area contributed by atoms with E-state index >= 15 is 0 Å². The normalized spacial score (nSPS) is 16.9. The first-order valence-corrected chi connectivity index (χ1v) is 12.0. The molecule has 0 saturated carbocycles. The van der Waals surface area contributed by atoms with Gasteiger partial charge in [-0.2, -0.15) is 0 Å². The zero-order valence-corrected chi connectivity index (χ0v) is 22.7. The van der Waals surface area contributed by atoms with Crippen molar-refractivity contribution in [2.24, 2.45) is 0 Å². The largest absolute Gasteiger partial charge is 1.00 e. The number of rotatable bonds is 8. The van der Waals surface area contributed by atoms with Gasteiger partial charge in [0.15, 0.2) is 5.76 Å². The maximum absolute atomic E-state index is 11.9. The van der Waals surface area contributed by atoms with E-state index in [0.29, 0.717) is 35.8 Å². The minimum atomic E-state index is -1.29. The summed E-state index contributed by atoms with van der Waals surface area (Å²) in [6.45, 7) is -0.528. The number of oxazole rings is 1. The van der Waals surface area contributed by atoms with Crippen LogP contribution in [0.25, 0.3) is 28.2 Å². The maximum Gasteiger partial charge on any atom is 1.00 e. The molecule has 3 aromatic carbocycles. The molecule has 1 aliphatic carbocycles. The van der Waals surface area contributed by atoms with Gasteiger partial charge in [-0.05, 0) is 37.0 Å². The Morgan fingerprint density at radius 2 is 1.70 bits per heavy atom. The number of nitrogens with zero attached hydrogens (tertiary/aromatic N) is 1. The van der Waals surface area contributed by atoms with Crippen LogP contribution >= 0.6 is 0 Å². The summed E-state index contributed by atoms with van der Waals surface area (Å²) in [5.74, 6) is 0.182. The molecule has 5 rings (SSSR count). The average Bonchev–Trinajstić information content (AvgIpc) is 3.34. The van der Waals surface area contributed by atoms with Gasteiger partial charge in [0.25, 0.3) is 0 Å². The maximum atomic E-state index is 11.9. The van der Waals surface area contributed by atoms with Gasteiger partial charge in [0.1, 0.15) is 18.1 Å². The number of ether oxygens (including phenoxy) is 1. The van der Waals surface area contributed by atoms with Gasteiger partial charge in [-0.1, -0.05) is 78.9 Å². The number of aliphatic hydroxyl groups is 1. The number of aliphatic carboxylic acids is 1. The van der Waals surface area contributed by atoms with Crippen molar-refractivity contribution in [1.29, 1.82) is 0 Å². The first-order chi connectivity index (χ1) is 17.5. The van der Waals surface area contributed by atoms with Crippen molar-refractivity contribution in [1.82, 2.24) is 4.98 Å². The van der Waals surface area contributed by atoms with Crippen LogP contribution in [0.3, 0.4) is 0 Å². The Hall–Kier alpha value is -3.16. The number of hydrogen-bond donors (Lipinski definition) is 1. The Morgan fingerprint density at radius 1 is 1.00 bits per heavy atom. The van der Waals surface area contributed by atoms with Crippen molar-refractivity contribution in [3.63, 3.8) is 0 Å². The van der Waals surface area contributed by atoms with Crippen LogP contribution in [0.5, 0.6) is 5.75 Å². The summed E-state index contributed by atoms with van der Waals surface area (Å²) in [7, 11) is 0. The molecule has 4 aromatic rings. The van der Waals surface area contributed by atoms with Crippen molar-refractivity contribution in [2.45, 2.75) is 31.3 Å². The Bertz CT molecular complexity index is 1330. The van der Waals surface area contributed by atoms with Crippen LogP contribution in [0, 0.1) is 0 Å². The van der Waals surface area contributed by atoms with Crippen LogP contribution in [0.4, 0.5) is 0 Å². The van der Waals surface area contributed by atoms with E-state index in [1.807, 2.05) is 72.8 Å². The van der Waals surface area contributed by atoms with E-state index in [0.717, 1.165) is 35.2 Å². The van der Waals surface area contributed by atoms with Crippen LogP contribution in [-0.4, -0.2) is 28.3 Å². The van der Waals surface area contributed by atoms with Gasteiger partial charge < -0.3 is 24.2 Å². The molecule has 0 spiro atoms. The monoisotopic (exact) mass is 503 g/mol. The molecule has 0 aliphatic heterocycles. The molecule has 1 atom stereocenters. The first-order valence-electron chi connectivity index (χ1n) is 12.0. The molecule has 0 amide bonds. The summed E-state index contributed by atoms with van der Waals surface area (Å²) in [6, 6.07) is 26.8. The van der Waals surface area contributed by atoms with Crippen LogP contribution in [0.2, 0.25) is 0 Å². The number of carbonyl (C=O) groups excluding carboxylic acids is 1. The van der Waals surface area contributed by atoms with E-state index in [1.54, 1.807) is 18.2 Å². The number of allylic oxidation sites excluding steroid dienone is 1. The fourth-order valence-electron chi connectivity index (χ4n) is 4.67. The van der Waals surface area contributed by atoms with Gasteiger partial charge in [-0.15, -0.1) is 0 Å². The SMILES string of the molecule is O=C([O-])COc1cccc(C[C@@]2(O)CCCC=C2c2nc(-c3ccccc3)c(-c3ccccc3)o2)c1.[Na+]. The molecule has 1 heterocycles. The van der Waals surface area contributed by atoms with E-state index in [-0.39, 0.29) is 29.6 Å². The van der Waals surface area contributed by atoms with Crippen molar-refractivity contribution in [3.8, 4) is 28.3 Å². The van der Waals surface area contributed by atoms with E-state index in [9.17, 15) is 15.0 Å². The minimum absolute atomic E-state index is 0. The average molecular weight is 504 g/mol. The number of hydrogen-bond acceptors (Lipinski definition) is 6. The van der Waals surface area contributed by atoms with Crippen LogP contribution in [0.15, 0.2) is 95.4 Å². The fourth-order valence-corrected chi connectivity index (χ4v) is 4.67. The fraction of sp³-hybridized carbons (Fsp3) is 0.200. The quantitative estimate of drug-likeness (QED) is 0.368. The molecular weight excluding hydrogens is 477 g/mol. The smallest absolute Gasteiger partial charge is 0.546 e. The van der Waals surface area contributed by atoms with Crippen molar-refractivity contribution in [2.75, 3.05) is 6.61 Å². The standard InChI is InChI=1S/C30H27NO5.Na/c32-26(33)20-35-24-15-9-10-21(18-24)19-30(34)17-8-7-16-25(30)29-31-27(22-11-3-1-4-12-22)28(36-29)23-13-5-2-6-14-23;/h1-6,9-16,18,34H,7-8,17,19-20H2,(H,32,33);/q;+1/p-1/t30-;/m0./s1. The number of carboxylic acids is 1. The first kappa shape index (κ1) is 26.9. The second-order valence-electron chi connectivity index (χ2n) is 8.96. The summed E-state index contributed by atoms with van der Waals surface area (Å²) in [4.78, 5) is 15.7. The number of carbonyl (C=O) groups is 1. The van der Waals surface area contributed by atoms with Crippen molar-refractivity contribution < 1.29 is 53.7 Å². The molecule has 0 bridgehead atoms. The van der Waals surface area contributed by atoms with Crippen LogP contribution in [-0.2, 0) is 11.2 Å². The third-order valence-electron chi connectivity index (χ3n) is 6.34. The number of aromatic nitrogens is 1. The molecule has 7 heteroatoms. The van der Waals surface area contributed by atoms with E-state index in [2.05, 4.69) is 0 Å². The van der Waals surface area contributed by atoms with Gasteiger partial charge in [0, 0.05) is 23.1 Å². The molecule has 37 heavy (non-hydrogen) atoms. The van der Waals surface area contributed by atoms with E-state index < -0.39 is 18.2 Å². The third-order valence-corrected chi connectivity index (χ3v) is 6.34. The van der Waals surface area contributed by atoms with E-state index in [4.69, 9.17) is 14.1 Å². The zero-order chi connectivity index (χ0) is 25.0. The topological polar surface area (TPSA) is 95.6 Å². The van der Waals surface area contributed by atoms with Crippen molar-refractivity contribution >= 4 is 11.5 Å². The molecule has 0 radical (unpaired) electrons. The summed E-state index contributed by atoms with van der Waals surface area (Å²) >= 11 is 0. The minimum Gasteiger partial charge on any atom is -0.546 e. The van der Waals surface area contributed by atoms with E-state index in [1.165, 1.54) is 0 Å². The summed E-state index contributed by atoms with van der Waals surface area (Å²) in [5, 5.41) is 22.6. The molecule has 0 fully saturated rings. The summed E-state index contributed by atoms with van der Waals surface area (Å²) in [6.07, 6.45) is 4.52. The van der Waals surface area contributed by atoms with Gasteiger partial charge >= 0.3 is 29.6 Å². The predicted molar refractivity (Wildman–Crippen MR) is 135 cm³/mol. The van der Waals surface area contributed by atoms with Gasteiger partial charge in [-0.25, -0.2) is 4.98 Å². The number of carboxylic acid groups (broad SMARTS) is 1. The Morgan fingerprint density at radius 3 is 2.41 bits per heavy atom. The molecule has 1 N–H and O–H groups in total. The van der Waals surface area contributed by atoms with Crippen LogP contribution < -0.4 is 39.4 Å². The molecule has 0 unspecified atom stereocenters. The zero-order valence-electron chi connectivity index (χ0n) is 20.7. The third kappa shape index (κ3) is 6.22. The molecule has 182 valence electrons. The number of benzene rings is 3.